The van der Waals surface area contributed by atoms with E-state index in [0.717, 1.165) is 38.5 Å². The van der Waals surface area contributed by atoms with Gasteiger partial charge in [0, 0.05) is 32.7 Å². The maximum absolute atomic E-state index is 12.1. The zero-order valence-electron chi connectivity index (χ0n) is 13.9. The molecule has 2 saturated heterocycles. The molecule has 130 valence electrons. The first-order chi connectivity index (χ1) is 11.7. The average Bonchev–Trinajstić information content (AvgIpc) is 3.03. The van der Waals surface area contributed by atoms with Crippen LogP contribution < -0.4 is 4.74 Å². The number of nitrogens with zero attached hydrogens (tertiary/aromatic N) is 3. The SMILES string of the molecule is COc1ccc(CN2CCN(CC(=O)N3CCOC3=O)CC2)cc1. The van der Waals surface area contributed by atoms with Crippen molar-refractivity contribution >= 4 is 12.0 Å². The number of methoxy groups -OCH3 is 1. The van der Waals surface area contributed by atoms with E-state index in [1.165, 1.54) is 10.5 Å². The summed E-state index contributed by atoms with van der Waals surface area (Å²) in [7, 11) is 1.66. The summed E-state index contributed by atoms with van der Waals surface area (Å²) in [6.45, 7) is 5.31. The Morgan fingerprint density at radius 2 is 1.75 bits per heavy atom. The Morgan fingerprint density at radius 1 is 1.08 bits per heavy atom. The van der Waals surface area contributed by atoms with Gasteiger partial charge in [0.25, 0.3) is 0 Å². The highest BCUT2D eigenvalue weighted by molar-refractivity contribution is 5.94. The van der Waals surface area contributed by atoms with Crippen LogP contribution in [0.2, 0.25) is 0 Å². The summed E-state index contributed by atoms with van der Waals surface area (Å²) in [5.41, 5.74) is 1.25. The third kappa shape index (κ3) is 4.04. The van der Waals surface area contributed by atoms with Crippen molar-refractivity contribution in [1.82, 2.24) is 14.7 Å². The quantitative estimate of drug-likeness (QED) is 0.794. The predicted molar refractivity (Wildman–Crippen MR) is 87.8 cm³/mol. The molecule has 24 heavy (non-hydrogen) atoms. The average molecular weight is 333 g/mol. The topological polar surface area (TPSA) is 62.3 Å². The van der Waals surface area contributed by atoms with E-state index in [2.05, 4.69) is 21.9 Å². The molecule has 0 atom stereocenters. The van der Waals surface area contributed by atoms with Crippen LogP contribution in [-0.2, 0) is 16.1 Å². The fourth-order valence-electron chi connectivity index (χ4n) is 2.99. The minimum absolute atomic E-state index is 0.166. The van der Waals surface area contributed by atoms with Crippen LogP contribution in [-0.4, -0.2) is 79.7 Å². The molecule has 7 heteroatoms. The number of ether oxygens (including phenoxy) is 2. The highest BCUT2D eigenvalue weighted by Crippen LogP contribution is 2.14. The van der Waals surface area contributed by atoms with Crippen molar-refractivity contribution in [2.24, 2.45) is 0 Å². The van der Waals surface area contributed by atoms with Crippen molar-refractivity contribution in [3.63, 3.8) is 0 Å². The van der Waals surface area contributed by atoms with Gasteiger partial charge in [-0.1, -0.05) is 12.1 Å². The summed E-state index contributed by atoms with van der Waals surface area (Å²) in [5, 5.41) is 0. The summed E-state index contributed by atoms with van der Waals surface area (Å²) in [4.78, 5) is 29.2. The summed E-state index contributed by atoms with van der Waals surface area (Å²) in [6, 6.07) is 8.10. The fourth-order valence-corrected chi connectivity index (χ4v) is 2.99. The molecule has 2 aliphatic rings. The molecular weight excluding hydrogens is 310 g/mol. The van der Waals surface area contributed by atoms with Crippen molar-refractivity contribution in [2.75, 3.05) is 53.0 Å². The molecule has 0 aliphatic carbocycles. The van der Waals surface area contributed by atoms with Crippen molar-refractivity contribution < 1.29 is 19.1 Å². The van der Waals surface area contributed by atoms with Gasteiger partial charge in [-0.15, -0.1) is 0 Å². The van der Waals surface area contributed by atoms with Gasteiger partial charge in [-0.3, -0.25) is 14.6 Å². The first-order valence-electron chi connectivity index (χ1n) is 8.20. The Kier molecular flexibility index (Phi) is 5.32. The van der Waals surface area contributed by atoms with Gasteiger partial charge in [0.2, 0.25) is 5.91 Å². The summed E-state index contributed by atoms with van der Waals surface area (Å²) in [5.74, 6) is 0.698. The number of amides is 2. The smallest absolute Gasteiger partial charge is 0.416 e. The van der Waals surface area contributed by atoms with E-state index in [0.29, 0.717) is 13.2 Å². The summed E-state index contributed by atoms with van der Waals surface area (Å²) in [6.07, 6.45) is -0.516. The molecule has 2 amide bonds. The van der Waals surface area contributed by atoms with Crippen LogP contribution in [0.1, 0.15) is 5.56 Å². The lowest BCUT2D eigenvalue weighted by molar-refractivity contribution is -0.129. The van der Waals surface area contributed by atoms with Crippen LogP contribution in [0, 0.1) is 0 Å². The Balaban J connectivity index is 1.43. The first kappa shape index (κ1) is 16.7. The Labute approximate surface area is 141 Å². The maximum atomic E-state index is 12.1. The summed E-state index contributed by atoms with van der Waals surface area (Å²) < 4.78 is 9.98. The van der Waals surface area contributed by atoms with E-state index >= 15 is 0 Å². The van der Waals surface area contributed by atoms with Gasteiger partial charge in [-0.25, -0.2) is 9.69 Å². The number of piperazine rings is 1. The third-order valence-electron chi connectivity index (χ3n) is 4.45. The number of hydrogen-bond acceptors (Lipinski definition) is 6. The van der Waals surface area contributed by atoms with Crippen LogP contribution in [0.3, 0.4) is 0 Å². The molecule has 0 spiro atoms. The van der Waals surface area contributed by atoms with Gasteiger partial charge in [-0.05, 0) is 17.7 Å². The molecular formula is C17H23N3O4. The van der Waals surface area contributed by atoms with Gasteiger partial charge in [0.05, 0.1) is 20.2 Å². The number of rotatable bonds is 5. The van der Waals surface area contributed by atoms with E-state index in [4.69, 9.17) is 9.47 Å². The van der Waals surface area contributed by atoms with Crippen molar-refractivity contribution in [1.29, 1.82) is 0 Å². The highest BCUT2D eigenvalue weighted by Gasteiger charge is 2.30. The van der Waals surface area contributed by atoms with Gasteiger partial charge in [0.15, 0.2) is 0 Å². The molecule has 0 aromatic heterocycles. The van der Waals surface area contributed by atoms with Gasteiger partial charge < -0.3 is 9.47 Å². The Bertz CT molecular complexity index is 582. The Hall–Kier alpha value is -2.12. The van der Waals surface area contributed by atoms with E-state index in [9.17, 15) is 9.59 Å². The minimum Gasteiger partial charge on any atom is -0.497 e. The number of hydrogen-bond donors (Lipinski definition) is 0. The van der Waals surface area contributed by atoms with Crippen LogP contribution in [0.4, 0.5) is 4.79 Å². The fraction of sp³-hybridized carbons (Fsp3) is 0.529. The Morgan fingerprint density at radius 3 is 2.33 bits per heavy atom. The lowest BCUT2D eigenvalue weighted by Gasteiger charge is -2.34. The molecule has 2 aliphatic heterocycles. The molecule has 0 N–H and O–H groups in total. The lowest BCUT2D eigenvalue weighted by Crippen LogP contribution is -2.49. The highest BCUT2D eigenvalue weighted by atomic mass is 16.6. The maximum Gasteiger partial charge on any atom is 0.416 e. The molecule has 7 nitrogen and oxygen atoms in total. The molecule has 2 fully saturated rings. The number of cyclic esters (lactones) is 1. The predicted octanol–water partition coefficient (Wildman–Crippen LogP) is 0.792. The monoisotopic (exact) mass is 333 g/mol. The van der Waals surface area contributed by atoms with Crippen LogP contribution in [0.15, 0.2) is 24.3 Å². The van der Waals surface area contributed by atoms with E-state index < -0.39 is 6.09 Å². The normalized spacial score (nSPS) is 19.4. The molecule has 1 aromatic carbocycles. The minimum atomic E-state index is -0.516. The van der Waals surface area contributed by atoms with Crippen LogP contribution >= 0.6 is 0 Å². The number of imide groups is 1. The van der Waals surface area contributed by atoms with Crippen molar-refractivity contribution in [3.8, 4) is 5.75 Å². The van der Waals surface area contributed by atoms with Crippen molar-refractivity contribution in [3.05, 3.63) is 29.8 Å². The zero-order valence-corrected chi connectivity index (χ0v) is 13.9. The zero-order chi connectivity index (χ0) is 16.9. The lowest BCUT2D eigenvalue weighted by atomic mass is 10.2. The molecule has 2 heterocycles. The summed E-state index contributed by atoms with van der Waals surface area (Å²) >= 11 is 0. The number of carbonyl (C=O) groups excluding carboxylic acids is 2. The molecule has 0 unspecified atom stereocenters. The molecule has 0 saturated carbocycles. The third-order valence-corrected chi connectivity index (χ3v) is 4.45. The molecule has 0 radical (unpaired) electrons. The molecule has 1 aromatic rings. The van der Waals surface area contributed by atoms with Crippen LogP contribution in [0.5, 0.6) is 5.75 Å². The van der Waals surface area contributed by atoms with Crippen molar-refractivity contribution in [2.45, 2.75) is 6.54 Å². The number of carbonyl (C=O) groups is 2. The standard InChI is InChI=1S/C17H23N3O4/c1-23-15-4-2-14(3-5-15)12-18-6-8-19(9-7-18)13-16(21)20-10-11-24-17(20)22/h2-5H,6-13H2,1H3. The largest absolute Gasteiger partial charge is 0.497 e. The van der Waals surface area contributed by atoms with Gasteiger partial charge in [-0.2, -0.15) is 0 Å². The second-order valence-electron chi connectivity index (χ2n) is 6.06. The van der Waals surface area contributed by atoms with E-state index in [1.54, 1.807) is 7.11 Å². The van der Waals surface area contributed by atoms with Crippen LogP contribution in [0.25, 0.3) is 0 Å². The number of benzene rings is 1. The van der Waals surface area contributed by atoms with Gasteiger partial charge in [0.1, 0.15) is 12.4 Å². The second kappa shape index (κ2) is 7.63. The van der Waals surface area contributed by atoms with E-state index in [-0.39, 0.29) is 12.5 Å². The van der Waals surface area contributed by atoms with Gasteiger partial charge >= 0.3 is 6.09 Å². The molecule has 3 rings (SSSR count). The first-order valence-corrected chi connectivity index (χ1v) is 8.20. The second-order valence-corrected chi connectivity index (χ2v) is 6.06. The molecule has 0 bridgehead atoms. The van der Waals surface area contributed by atoms with E-state index in [1.807, 2.05) is 12.1 Å².